The molecule has 54 heavy (non-hydrogen) atoms. The molecule has 0 aromatic heterocycles. The van der Waals surface area contributed by atoms with Crippen LogP contribution in [0.2, 0.25) is 0 Å². The first-order chi connectivity index (χ1) is 25.1. The number of aliphatic hydroxyl groups excluding tert-OH is 7. The van der Waals surface area contributed by atoms with Gasteiger partial charge in [-0.15, -0.1) is 0 Å². The number of likely N-dealkylation sites (N-methyl/N-ethyl adjacent to an activating group) is 2. The van der Waals surface area contributed by atoms with Gasteiger partial charge in [0, 0.05) is 21.2 Å². The molecule has 0 aliphatic rings. The fourth-order valence-corrected chi connectivity index (χ4v) is 14.5. The summed E-state index contributed by atoms with van der Waals surface area (Å²) in [6.45, 7) is -3.16. The van der Waals surface area contributed by atoms with Crippen LogP contribution in [-0.2, 0) is 9.59 Å². The first kappa shape index (κ1) is 49.5. The van der Waals surface area contributed by atoms with Gasteiger partial charge in [-0.3, -0.25) is 28.8 Å². The van der Waals surface area contributed by atoms with Gasteiger partial charge in [-0.1, -0.05) is 0 Å². The summed E-state index contributed by atoms with van der Waals surface area (Å²) in [6, 6.07) is -2.67. The summed E-state index contributed by atoms with van der Waals surface area (Å²) in [5, 5.41) is 73.9. The third-order valence-corrected chi connectivity index (χ3v) is 14.0. The number of aliphatic hydroxyl groups is 7. The number of carbonyl (C=O) groups excluding carboxylic acids is 6. The van der Waals surface area contributed by atoms with Gasteiger partial charge in [0.1, 0.15) is 0 Å². The third kappa shape index (κ3) is 10.5. The van der Waals surface area contributed by atoms with Gasteiger partial charge in [-0.05, 0) is 136 Å². The van der Waals surface area contributed by atoms with E-state index >= 15 is 0 Å². The fourth-order valence-electron chi connectivity index (χ4n) is 4.68. The van der Waals surface area contributed by atoms with Crippen LogP contribution < -0.4 is 31.9 Å². The molecular weight excluding hydrogens is 1400 g/mol. The van der Waals surface area contributed by atoms with E-state index < -0.39 is 92.3 Å². The zero-order chi connectivity index (χ0) is 41.7. The lowest BCUT2D eigenvalue weighted by atomic mass is 10.0. The number of anilines is 2. The molecule has 4 atom stereocenters. The lowest BCUT2D eigenvalue weighted by molar-refractivity contribution is -0.137. The van der Waals surface area contributed by atoms with E-state index in [1.807, 2.05) is 0 Å². The molecule has 0 heterocycles. The van der Waals surface area contributed by atoms with Crippen LogP contribution >= 0.6 is 136 Å². The van der Waals surface area contributed by atoms with Crippen molar-refractivity contribution >= 4 is 182 Å². The average Bonchev–Trinajstić information content (AvgIpc) is 3.10. The molecule has 0 bridgehead atoms. The quantitative estimate of drug-likeness (QED) is 0.0667. The highest BCUT2D eigenvalue weighted by atomic mass is 127. The summed E-state index contributed by atoms with van der Waals surface area (Å²) in [5.74, 6) is -6.41. The molecule has 0 spiro atoms. The largest absolute Gasteiger partial charge is 0.394 e. The van der Waals surface area contributed by atoms with Gasteiger partial charge in [0.2, 0.25) is 6.10 Å². The molecule has 0 saturated carbocycles. The summed E-state index contributed by atoms with van der Waals surface area (Å²) in [6.07, 6.45) is -5.59. The van der Waals surface area contributed by atoms with E-state index in [9.17, 15) is 64.5 Å². The summed E-state index contributed by atoms with van der Waals surface area (Å²) >= 11 is 10.2. The number of primary amides is 2. The van der Waals surface area contributed by atoms with Crippen molar-refractivity contribution in [1.82, 2.24) is 10.6 Å². The molecule has 4 unspecified atom stereocenters. The highest BCUT2D eigenvalue weighted by Gasteiger charge is 2.38. The Morgan fingerprint density at radius 2 is 0.815 bits per heavy atom. The van der Waals surface area contributed by atoms with E-state index in [1.54, 1.807) is 136 Å². The van der Waals surface area contributed by atoms with Crippen LogP contribution in [0.15, 0.2) is 0 Å². The number of hydrogen-bond donors (Lipinski definition) is 11. The zero-order valence-electron chi connectivity index (χ0n) is 27.6. The Hall–Kier alpha value is -0.640. The number of hydrogen-bond acceptors (Lipinski definition) is 13. The lowest BCUT2D eigenvalue weighted by Gasteiger charge is -2.29. The Morgan fingerprint density at radius 3 is 1.06 bits per heavy atom. The predicted molar refractivity (Wildman–Crippen MR) is 242 cm³/mol. The number of nitrogens with two attached hydrogens (primary N) is 2. The Bertz CT molecular complexity index is 1730. The molecule has 19 nitrogen and oxygen atoms in total. The fraction of sp³-hybridized carbons (Fsp3) is 0.379. The molecule has 2 aromatic rings. The Kier molecular flexibility index (Phi) is 19.6. The van der Waals surface area contributed by atoms with Crippen LogP contribution in [0.1, 0.15) is 41.4 Å². The first-order valence-corrected chi connectivity index (χ1v) is 21.2. The van der Waals surface area contributed by atoms with Crippen LogP contribution in [0.4, 0.5) is 11.4 Å². The van der Waals surface area contributed by atoms with Crippen molar-refractivity contribution in [2.45, 2.75) is 30.4 Å². The Labute approximate surface area is 388 Å². The van der Waals surface area contributed by atoms with Crippen LogP contribution in [0.3, 0.4) is 0 Å². The molecule has 6 amide bonds. The second-order valence-electron chi connectivity index (χ2n) is 11.0. The van der Waals surface area contributed by atoms with Gasteiger partial charge in [0.05, 0.1) is 98.6 Å². The molecular formula is C29H32I6N6O13. The van der Waals surface area contributed by atoms with Crippen LogP contribution in [0.5, 0.6) is 0 Å². The van der Waals surface area contributed by atoms with Gasteiger partial charge in [0.25, 0.3) is 35.4 Å². The summed E-state index contributed by atoms with van der Waals surface area (Å²) in [7, 11) is 2.29. The molecule has 13 N–H and O–H groups in total. The molecule has 2 aromatic carbocycles. The van der Waals surface area contributed by atoms with Crippen LogP contribution in [-0.4, -0.2) is 142 Å². The number of benzene rings is 2. The van der Waals surface area contributed by atoms with Crippen LogP contribution in [0.25, 0.3) is 0 Å². The molecule has 25 heteroatoms. The van der Waals surface area contributed by atoms with Crippen molar-refractivity contribution in [1.29, 1.82) is 0 Å². The monoisotopic (exact) mass is 1430 g/mol. The second kappa shape index (κ2) is 21.4. The third-order valence-electron chi connectivity index (χ3n) is 7.66. The maximum absolute atomic E-state index is 13.8. The molecule has 298 valence electrons. The minimum absolute atomic E-state index is 0.0268. The minimum atomic E-state index is -2.47. The maximum atomic E-state index is 13.8. The van der Waals surface area contributed by atoms with Gasteiger partial charge in [0.15, 0.2) is 0 Å². The Balaban J connectivity index is 2.71. The van der Waals surface area contributed by atoms with Crippen molar-refractivity contribution in [2.75, 3.05) is 50.3 Å². The molecule has 0 aliphatic heterocycles. The number of nitrogens with one attached hydrogen (secondary N) is 2. The number of halogens is 6. The van der Waals surface area contributed by atoms with E-state index in [2.05, 4.69) is 10.6 Å². The minimum Gasteiger partial charge on any atom is -0.394 e. The second-order valence-corrected chi connectivity index (χ2v) is 17.5. The van der Waals surface area contributed by atoms with E-state index in [0.29, 0.717) is 0 Å². The topological polar surface area (TPSA) is 327 Å². The highest BCUT2D eigenvalue weighted by Crippen LogP contribution is 2.39. The van der Waals surface area contributed by atoms with E-state index in [1.165, 1.54) is 0 Å². The SMILES string of the molecule is CN(C(=O)C(O)C(=O)N(C)c1c(I)c(C(N)=O)c(I)c(C(=O)NC(CO)C(O)CO)c1I)c1c(I)c(C(N)=O)c(I)c(C(=O)NC(CO)C(O)CO)c1I. The van der Waals surface area contributed by atoms with E-state index in [4.69, 9.17) is 11.5 Å². The average molecular weight is 1430 g/mol. The molecule has 0 aliphatic carbocycles. The van der Waals surface area contributed by atoms with Crippen molar-refractivity contribution < 1.29 is 64.5 Å². The lowest BCUT2D eigenvalue weighted by Crippen LogP contribution is -2.49. The number of carbonyl (C=O) groups is 6. The number of rotatable bonds is 16. The van der Waals surface area contributed by atoms with Gasteiger partial charge >= 0.3 is 0 Å². The van der Waals surface area contributed by atoms with Crippen LogP contribution in [0, 0.1) is 21.4 Å². The molecule has 0 radical (unpaired) electrons. The van der Waals surface area contributed by atoms with E-state index in [0.717, 1.165) is 23.9 Å². The summed E-state index contributed by atoms with van der Waals surface area (Å²) in [5.41, 5.74) is 10.2. The normalized spacial score (nSPS) is 14.0. The van der Waals surface area contributed by atoms with Crippen molar-refractivity contribution in [3.05, 3.63) is 43.7 Å². The maximum Gasteiger partial charge on any atom is 0.265 e. The zero-order valence-corrected chi connectivity index (χ0v) is 40.6. The van der Waals surface area contributed by atoms with Gasteiger partial charge < -0.3 is 67.6 Å². The van der Waals surface area contributed by atoms with Gasteiger partial charge in [-0.25, -0.2) is 0 Å². The highest BCUT2D eigenvalue weighted by molar-refractivity contribution is 14.1. The van der Waals surface area contributed by atoms with Gasteiger partial charge in [-0.2, -0.15) is 0 Å². The van der Waals surface area contributed by atoms with Crippen molar-refractivity contribution in [2.24, 2.45) is 11.5 Å². The molecule has 0 saturated heterocycles. The predicted octanol–water partition coefficient (Wildman–Crippen LogP) is -1.61. The summed E-state index contributed by atoms with van der Waals surface area (Å²) < 4.78 is 0.231. The first-order valence-electron chi connectivity index (χ1n) is 14.7. The van der Waals surface area contributed by atoms with Crippen molar-refractivity contribution in [3.8, 4) is 0 Å². The standard InChI is InChI=1S/C29H32I6N6O13/c1-40(21-17(32)11(24(36)49)15(30)13(19(21)34)26(51)38-7(3-42)9(46)5-44)28(53)23(48)29(54)41(2)22-18(33)12(25(37)50)16(31)14(20(22)35)27(52)39-8(4-43)10(47)6-45/h7-10,23,42-48H,3-6H2,1-2H3,(H2,36,49)(H2,37,50)(H,38,51)(H,39,52). The number of nitrogens with zero attached hydrogens (tertiary/aromatic N) is 2. The number of amides is 6. The van der Waals surface area contributed by atoms with Crippen molar-refractivity contribution in [3.63, 3.8) is 0 Å². The van der Waals surface area contributed by atoms with E-state index in [-0.39, 0.29) is 55.0 Å². The molecule has 2 rings (SSSR count). The molecule has 0 fully saturated rings. The Morgan fingerprint density at radius 1 is 0.537 bits per heavy atom. The summed E-state index contributed by atoms with van der Waals surface area (Å²) in [4.78, 5) is 81.5. The smallest absolute Gasteiger partial charge is 0.265 e.